The highest BCUT2D eigenvalue weighted by molar-refractivity contribution is 5.79. The van der Waals surface area contributed by atoms with E-state index in [-0.39, 0.29) is 17.9 Å². The van der Waals surface area contributed by atoms with E-state index in [1.165, 1.54) is 0 Å². The average Bonchev–Trinajstić information content (AvgIpc) is 2.90. The minimum atomic E-state index is 0.105. The van der Waals surface area contributed by atoms with Crippen LogP contribution >= 0.6 is 0 Å². The van der Waals surface area contributed by atoms with Crippen molar-refractivity contribution >= 4 is 23.0 Å². The average molecular weight is 287 g/mol. The normalized spacial score (nSPS) is 16.6. The Balaban J connectivity index is 1.64. The summed E-state index contributed by atoms with van der Waals surface area (Å²) in [4.78, 5) is 18.7. The number of carbonyl (C=O) groups excluding carboxylic acids is 1. The Morgan fingerprint density at radius 3 is 2.71 bits per heavy atom. The molecule has 112 valence electrons. The molecule has 0 spiro atoms. The number of piperidine rings is 1. The standard InChI is InChI=1S/C16H21N3O2/c1-11(2)17-15(20)12-7-9-19(10-8-12)16-18-13-5-3-4-6-14(13)21-16/h3-6,11-12H,7-10H2,1-2H3,(H,17,20). The van der Waals surface area contributed by atoms with Crippen LogP contribution in [0.2, 0.25) is 0 Å². The van der Waals surface area contributed by atoms with Crippen molar-refractivity contribution in [1.29, 1.82) is 0 Å². The first-order valence-corrected chi connectivity index (χ1v) is 7.54. The predicted molar refractivity (Wildman–Crippen MR) is 82.2 cm³/mol. The summed E-state index contributed by atoms with van der Waals surface area (Å²) in [6.45, 7) is 5.60. The van der Waals surface area contributed by atoms with Crippen molar-refractivity contribution in [1.82, 2.24) is 10.3 Å². The second-order valence-corrected chi connectivity index (χ2v) is 5.89. The van der Waals surface area contributed by atoms with Crippen LogP contribution < -0.4 is 10.2 Å². The van der Waals surface area contributed by atoms with Crippen molar-refractivity contribution < 1.29 is 9.21 Å². The molecule has 5 heteroatoms. The number of carbonyl (C=O) groups is 1. The summed E-state index contributed by atoms with van der Waals surface area (Å²) < 4.78 is 5.78. The van der Waals surface area contributed by atoms with Crippen LogP contribution in [0.4, 0.5) is 6.01 Å². The van der Waals surface area contributed by atoms with Crippen LogP contribution in [-0.2, 0) is 4.79 Å². The fourth-order valence-electron chi connectivity index (χ4n) is 2.73. The maximum Gasteiger partial charge on any atom is 0.298 e. The van der Waals surface area contributed by atoms with Crippen molar-refractivity contribution in [3.8, 4) is 0 Å². The van der Waals surface area contributed by atoms with Gasteiger partial charge in [-0.3, -0.25) is 4.79 Å². The lowest BCUT2D eigenvalue weighted by Crippen LogP contribution is -2.42. The highest BCUT2D eigenvalue weighted by Gasteiger charge is 2.27. The summed E-state index contributed by atoms with van der Waals surface area (Å²) in [7, 11) is 0. The van der Waals surface area contributed by atoms with E-state index >= 15 is 0 Å². The van der Waals surface area contributed by atoms with E-state index in [1.807, 2.05) is 38.1 Å². The molecule has 0 saturated carbocycles. The molecule has 1 aliphatic heterocycles. The van der Waals surface area contributed by atoms with Gasteiger partial charge in [-0.25, -0.2) is 0 Å². The van der Waals surface area contributed by atoms with Crippen LogP contribution in [0.3, 0.4) is 0 Å². The third-order valence-corrected chi connectivity index (χ3v) is 3.85. The van der Waals surface area contributed by atoms with Gasteiger partial charge in [0.1, 0.15) is 5.52 Å². The molecule has 1 amide bonds. The summed E-state index contributed by atoms with van der Waals surface area (Å²) >= 11 is 0. The van der Waals surface area contributed by atoms with E-state index in [9.17, 15) is 4.79 Å². The second kappa shape index (κ2) is 5.76. The number of benzene rings is 1. The van der Waals surface area contributed by atoms with Crippen molar-refractivity contribution in [2.45, 2.75) is 32.7 Å². The van der Waals surface area contributed by atoms with Gasteiger partial charge < -0.3 is 14.6 Å². The van der Waals surface area contributed by atoms with Gasteiger partial charge in [-0.05, 0) is 38.8 Å². The number of amides is 1. The summed E-state index contributed by atoms with van der Waals surface area (Å²) in [5, 5.41) is 2.99. The molecule has 1 aromatic carbocycles. The first kappa shape index (κ1) is 13.9. The number of oxazole rings is 1. The number of anilines is 1. The van der Waals surface area contributed by atoms with Gasteiger partial charge in [0.2, 0.25) is 5.91 Å². The third-order valence-electron chi connectivity index (χ3n) is 3.85. The molecule has 1 saturated heterocycles. The van der Waals surface area contributed by atoms with E-state index in [0.717, 1.165) is 37.0 Å². The van der Waals surface area contributed by atoms with E-state index < -0.39 is 0 Å². The maximum atomic E-state index is 12.0. The van der Waals surface area contributed by atoms with Gasteiger partial charge in [0, 0.05) is 25.0 Å². The van der Waals surface area contributed by atoms with Crippen LogP contribution in [-0.4, -0.2) is 30.0 Å². The smallest absolute Gasteiger partial charge is 0.298 e. The fourth-order valence-corrected chi connectivity index (χ4v) is 2.73. The molecule has 1 aliphatic rings. The van der Waals surface area contributed by atoms with Crippen molar-refractivity contribution in [2.24, 2.45) is 5.92 Å². The van der Waals surface area contributed by atoms with Crippen LogP contribution in [0.15, 0.2) is 28.7 Å². The molecule has 0 bridgehead atoms. The molecule has 1 N–H and O–H groups in total. The zero-order chi connectivity index (χ0) is 14.8. The Bertz CT molecular complexity index is 594. The second-order valence-electron chi connectivity index (χ2n) is 5.89. The van der Waals surface area contributed by atoms with Crippen molar-refractivity contribution in [3.05, 3.63) is 24.3 Å². The highest BCUT2D eigenvalue weighted by atomic mass is 16.4. The summed E-state index contributed by atoms with van der Waals surface area (Å²) in [5.74, 6) is 0.273. The molecule has 1 fully saturated rings. The van der Waals surface area contributed by atoms with Crippen LogP contribution in [0, 0.1) is 5.92 Å². The number of nitrogens with zero attached hydrogens (tertiary/aromatic N) is 2. The summed E-state index contributed by atoms with van der Waals surface area (Å²) in [6.07, 6.45) is 1.69. The Morgan fingerprint density at radius 1 is 1.33 bits per heavy atom. The summed E-state index contributed by atoms with van der Waals surface area (Å²) in [5.41, 5.74) is 1.69. The molecule has 21 heavy (non-hydrogen) atoms. The molecular formula is C16H21N3O2. The molecular weight excluding hydrogens is 266 g/mol. The largest absolute Gasteiger partial charge is 0.423 e. The molecule has 2 heterocycles. The van der Waals surface area contributed by atoms with Gasteiger partial charge in [-0.2, -0.15) is 4.98 Å². The molecule has 0 aliphatic carbocycles. The van der Waals surface area contributed by atoms with Crippen LogP contribution in [0.1, 0.15) is 26.7 Å². The van der Waals surface area contributed by atoms with Gasteiger partial charge in [0.15, 0.2) is 5.58 Å². The number of hydrogen-bond acceptors (Lipinski definition) is 4. The van der Waals surface area contributed by atoms with E-state index in [1.54, 1.807) is 0 Å². The lowest BCUT2D eigenvalue weighted by atomic mass is 9.96. The minimum absolute atomic E-state index is 0.105. The lowest BCUT2D eigenvalue weighted by Gasteiger charge is -2.30. The van der Waals surface area contributed by atoms with Gasteiger partial charge in [-0.15, -0.1) is 0 Å². The Hall–Kier alpha value is -2.04. The number of fused-ring (bicyclic) bond motifs is 1. The number of rotatable bonds is 3. The van der Waals surface area contributed by atoms with E-state index in [4.69, 9.17) is 4.42 Å². The van der Waals surface area contributed by atoms with E-state index in [0.29, 0.717) is 6.01 Å². The van der Waals surface area contributed by atoms with Crippen molar-refractivity contribution in [3.63, 3.8) is 0 Å². The topological polar surface area (TPSA) is 58.4 Å². The monoisotopic (exact) mass is 287 g/mol. The first-order chi connectivity index (χ1) is 10.1. The molecule has 5 nitrogen and oxygen atoms in total. The zero-order valence-corrected chi connectivity index (χ0v) is 12.5. The molecule has 3 rings (SSSR count). The fraction of sp³-hybridized carbons (Fsp3) is 0.500. The third kappa shape index (κ3) is 3.01. The zero-order valence-electron chi connectivity index (χ0n) is 12.5. The van der Waals surface area contributed by atoms with Gasteiger partial charge >= 0.3 is 0 Å². The summed E-state index contributed by atoms with van der Waals surface area (Å²) in [6, 6.07) is 8.64. The SMILES string of the molecule is CC(C)NC(=O)C1CCN(c2nc3ccccc3o2)CC1. The van der Waals surface area contributed by atoms with Crippen molar-refractivity contribution in [2.75, 3.05) is 18.0 Å². The number of para-hydroxylation sites is 2. The van der Waals surface area contributed by atoms with Gasteiger partial charge in [-0.1, -0.05) is 12.1 Å². The number of aromatic nitrogens is 1. The van der Waals surface area contributed by atoms with Crippen LogP contribution in [0.5, 0.6) is 0 Å². The predicted octanol–water partition coefficient (Wildman–Crippen LogP) is 2.57. The lowest BCUT2D eigenvalue weighted by molar-refractivity contribution is -0.126. The first-order valence-electron chi connectivity index (χ1n) is 7.54. The van der Waals surface area contributed by atoms with E-state index in [2.05, 4.69) is 15.2 Å². The molecule has 0 unspecified atom stereocenters. The molecule has 1 aromatic heterocycles. The maximum absolute atomic E-state index is 12.0. The Morgan fingerprint density at radius 2 is 2.05 bits per heavy atom. The van der Waals surface area contributed by atoms with Gasteiger partial charge in [0.25, 0.3) is 6.01 Å². The Kier molecular flexibility index (Phi) is 3.82. The highest BCUT2D eigenvalue weighted by Crippen LogP contribution is 2.26. The molecule has 0 radical (unpaired) electrons. The molecule has 2 aromatic rings. The number of hydrogen-bond donors (Lipinski definition) is 1. The van der Waals surface area contributed by atoms with Gasteiger partial charge in [0.05, 0.1) is 0 Å². The van der Waals surface area contributed by atoms with Crippen LogP contribution in [0.25, 0.3) is 11.1 Å². The minimum Gasteiger partial charge on any atom is -0.423 e. The number of nitrogens with one attached hydrogen (secondary N) is 1. The Labute approximate surface area is 124 Å². The molecule has 0 atom stereocenters. The quantitative estimate of drug-likeness (QED) is 0.942.